The Balaban J connectivity index is 2.26. The molecule has 0 heterocycles. The molecular formula is C19H27N. The molecule has 20 heavy (non-hydrogen) atoms. The van der Waals surface area contributed by atoms with E-state index in [0.717, 1.165) is 12.8 Å². The van der Waals surface area contributed by atoms with Crippen molar-refractivity contribution in [1.82, 2.24) is 5.32 Å². The summed E-state index contributed by atoms with van der Waals surface area (Å²) < 4.78 is 0. The summed E-state index contributed by atoms with van der Waals surface area (Å²) in [5.41, 5.74) is 1.83. The molecule has 1 aliphatic rings. The average Bonchev–Trinajstić information content (AvgIpc) is 2.53. The van der Waals surface area contributed by atoms with Gasteiger partial charge in [0.15, 0.2) is 0 Å². The van der Waals surface area contributed by atoms with Crippen molar-refractivity contribution in [2.24, 2.45) is 0 Å². The average molecular weight is 269 g/mol. The van der Waals surface area contributed by atoms with Gasteiger partial charge in [-0.1, -0.05) is 49.6 Å². The summed E-state index contributed by atoms with van der Waals surface area (Å²) in [5.74, 6) is 6.26. The number of hydrogen-bond acceptors (Lipinski definition) is 1. The first-order valence-electron chi connectivity index (χ1n) is 7.96. The molecule has 1 N–H and O–H groups in total. The maximum atomic E-state index is 3.60. The van der Waals surface area contributed by atoms with Crippen LogP contribution in [0.5, 0.6) is 0 Å². The molecule has 1 unspecified atom stereocenters. The highest BCUT2D eigenvalue weighted by Crippen LogP contribution is 2.43. The Labute approximate surface area is 124 Å². The van der Waals surface area contributed by atoms with Crippen LogP contribution >= 0.6 is 0 Å². The largest absolute Gasteiger partial charge is 0.316 e. The van der Waals surface area contributed by atoms with Crippen molar-refractivity contribution >= 4 is 0 Å². The van der Waals surface area contributed by atoms with Gasteiger partial charge in [0.2, 0.25) is 0 Å². The monoisotopic (exact) mass is 269 g/mol. The van der Waals surface area contributed by atoms with Gasteiger partial charge in [0.25, 0.3) is 0 Å². The van der Waals surface area contributed by atoms with Crippen LogP contribution in [-0.2, 0) is 5.41 Å². The molecule has 1 aromatic carbocycles. The molecule has 1 aromatic rings. The predicted molar refractivity (Wildman–Crippen MR) is 86.7 cm³/mol. The first kappa shape index (κ1) is 15.1. The van der Waals surface area contributed by atoms with Gasteiger partial charge in [0.1, 0.15) is 0 Å². The highest BCUT2D eigenvalue weighted by molar-refractivity contribution is 5.28. The third-order valence-electron chi connectivity index (χ3n) is 4.84. The van der Waals surface area contributed by atoms with Gasteiger partial charge >= 0.3 is 0 Å². The molecular weight excluding hydrogens is 242 g/mol. The molecule has 0 amide bonds. The second-order valence-electron chi connectivity index (χ2n) is 5.89. The number of rotatable bonds is 5. The summed E-state index contributed by atoms with van der Waals surface area (Å²) in [7, 11) is 2.11. The molecule has 1 aliphatic carbocycles. The second-order valence-corrected chi connectivity index (χ2v) is 5.89. The van der Waals surface area contributed by atoms with Gasteiger partial charge in [0, 0.05) is 17.9 Å². The van der Waals surface area contributed by atoms with E-state index in [1.165, 1.54) is 37.7 Å². The minimum atomic E-state index is 0.309. The molecule has 1 heteroatoms. The van der Waals surface area contributed by atoms with Gasteiger partial charge in [-0.2, -0.15) is 0 Å². The third kappa shape index (κ3) is 3.25. The lowest BCUT2D eigenvalue weighted by atomic mass is 9.64. The van der Waals surface area contributed by atoms with E-state index >= 15 is 0 Å². The Morgan fingerprint density at radius 1 is 1.15 bits per heavy atom. The van der Waals surface area contributed by atoms with E-state index in [0.29, 0.717) is 11.5 Å². The van der Waals surface area contributed by atoms with Crippen LogP contribution in [0.2, 0.25) is 0 Å². The zero-order valence-electron chi connectivity index (χ0n) is 12.9. The maximum Gasteiger partial charge on any atom is 0.0170 e. The molecule has 0 radical (unpaired) electrons. The van der Waals surface area contributed by atoms with Gasteiger partial charge in [-0.3, -0.25) is 0 Å². The fourth-order valence-electron chi connectivity index (χ4n) is 3.83. The zero-order valence-corrected chi connectivity index (χ0v) is 12.9. The maximum absolute atomic E-state index is 3.60. The van der Waals surface area contributed by atoms with E-state index in [2.05, 4.69) is 54.5 Å². The Morgan fingerprint density at radius 3 is 2.45 bits per heavy atom. The topological polar surface area (TPSA) is 12.0 Å². The summed E-state index contributed by atoms with van der Waals surface area (Å²) in [4.78, 5) is 0. The van der Waals surface area contributed by atoms with Gasteiger partial charge in [-0.25, -0.2) is 0 Å². The normalized spacial score (nSPS) is 18.9. The Kier molecular flexibility index (Phi) is 5.68. The molecule has 1 saturated carbocycles. The molecule has 0 aliphatic heterocycles. The van der Waals surface area contributed by atoms with Crippen LogP contribution in [0, 0.1) is 11.8 Å². The summed E-state index contributed by atoms with van der Waals surface area (Å²) in [5, 5.41) is 3.60. The van der Waals surface area contributed by atoms with Crippen molar-refractivity contribution in [2.45, 2.75) is 63.3 Å². The molecule has 0 bridgehead atoms. The van der Waals surface area contributed by atoms with Crippen LogP contribution in [0.1, 0.15) is 57.4 Å². The van der Waals surface area contributed by atoms with Crippen molar-refractivity contribution in [1.29, 1.82) is 0 Å². The van der Waals surface area contributed by atoms with Crippen molar-refractivity contribution in [2.75, 3.05) is 7.05 Å². The first-order chi connectivity index (χ1) is 9.83. The number of likely N-dealkylation sites (N-methyl/N-ethyl adjacent to an activating group) is 1. The molecule has 0 spiro atoms. The molecule has 0 aromatic heterocycles. The minimum Gasteiger partial charge on any atom is -0.316 e. The van der Waals surface area contributed by atoms with E-state index in [9.17, 15) is 0 Å². The fraction of sp³-hybridized carbons (Fsp3) is 0.579. The molecule has 108 valence electrons. The van der Waals surface area contributed by atoms with Crippen LogP contribution in [0.25, 0.3) is 0 Å². The molecule has 1 fully saturated rings. The summed E-state index contributed by atoms with van der Waals surface area (Å²) in [6, 6.07) is 11.7. The van der Waals surface area contributed by atoms with Crippen LogP contribution in [0.3, 0.4) is 0 Å². The van der Waals surface area contributed by atoms with Crippen LogP contribution in [0.4, 0.5) is 0 Å². The second kappa shape index (κ2) is 7.50. The number of nitrogens with one attached hydrogen (secondary N) is 1. The third-order valence-corrected chi connectivity index (χ3v) is 4.84. The van der Waals surface area contributed by atoms with Gasteiger partial charge in [-0.15, -0.1) is 11.8 Å². The van der Waals surface area contributed by atoms with E-state index in [1.807, 2.05) is 6.92 Å². The summed E-state index contributed by atoms with van der Waals surface area (Å²) in [6.45, 7) is 1.93. The van der Waals surface area contributed by atoms with E-state index in [-0.39, 0.29) is 0 Å². The van der Waals surface area contributed by atoms with Gasteiger partial charge in [-0.05, 0) is 38.8 Å². The minimum absolute atomic E-state index is 0.309. The number of hydrogen-bond donors (Lipinski definition) is 1. The SMILES string of the molecule is CC#CCCC(NC)C1(c2ccccc2)CCCCC1. The van der Waals surface area contributed by atoms with Crippen molar-refractivity contribution in [3.8, 4) is 11.8 Å². The fourth-order valence-corrected chi connectivity index (χ4v) is 3.83. The Morgan fingerprint density at radius 2 is 1.85 bits per heavy atom. The van der Waals surface area contributed by atoms with E-state index < -0.39 is 0 Å². The van der Waals surface area contributed by atoms with Crippen LogP contribution in [-0.4, -0.2) is 13.1 Å². The molecule has 2 rings (SSSR count). The number of benzene rings is 1. The van der Waals surface area contributed by atoms with Crippen LogP contribution < -0.4 is 5.32 Å². The Bertz CT molecular complexity index is 446. The van der Waals surface area contributed by atoms with Crippen molar-refractivity contribution in [3.05, 3.63) is 35.9 Å². The Hall–Kier alpha value is -1.26. The van der Waals surface area contributed by atoms with Crippen LogP contribution in [0.15, 0.2) is 30.3 Å². The van der Waals surface area contributed by atoms with Gasteiger partial charge in [0.05, 0.1) is 0 Å². The smallest absolute Gasteiger partial charge is 0.0170 e. The van der Waals surface area contributed by atoms with E-state index in [4.69, 9.17) is 0 Å². The lowest BCUT2D eigenvalue weighted by Gasteiger charge is -2.44. The molecule has 1 atom stereocenters. The van der Waals surface area contributed by atoms with E-state index in [1.54, 1.807) is 0 Å². The lowest BCUT2D eigenvalue weighted by molar-refractivity contribution is 0.212. The standard InChI is InChI=1S/C19H27N/c1-3-4-7-14-18(20-2)19(15-10-6-11-16-19)17-12-8-5-9-13-17/h5,8-9,12-13,18,20H,6-7,10-11,14-16H2,1-2H3. The highest BCUT2D eigenvalue weighted by atomic mass is 14.9. The molecule has 0 saturated heterocycles. The zero-order chi connectivity index (χ0) is 14.3. The quantitative estimate of drug-likeness (QED) is 0.787. The van der Waals surface area contributed by atoms with Crippen molar-refractivity contribution < 1.29 is 0 Å². The first-order valence-corrected chi connectivity index (χ1v) is 7.96. The lowest BCUT2D eigenvalue weighted by Crippen LogP contribution is -2.48. The highest BCUT2D eigenvalue weighted by Gasteiger charge is 2.39. The van der Waals surface area contributed by atoms with Crippen molar-refractivity contribution in [3.63, 3.8) is 0 Å². The predicted octanol–water partition coefficient (Wildman–Crippen LogP) is 4.28. The molecule has 1 nitrogen and oxygen atoms in total. The summed E-state index contributed by atoms with van der Waals surface area (Å²) in [6.07, 6.45) is 8.85. The summed E-state index contributed by atoms with van der Waals surface area (Å²) >= 11 is 0. The van der Waals surface area contributed by atoms with Gasteiger partial charge < -0.3 is 5.32 Å².